The highest BCUT2D eigenvalue weighted by molar-refractivity contribution is 5.77. The second kappa shape index (κ2) is 7.38. The van der Waals surface area contributed by atoms with Gasteiger partial charge < -0.3 is 14.4 Å². The highest BCUT2D eigenvalue weighted by Crippen LogP contribution is 2.31. The third-order valence-corrected chi connectivity index (χ3v) is 2.41. The minimum atomic E-state index is -4.84. The SMILES string of the molecule is CN(CCC#N)C(=O)COc1ccccc1OC(F)(F)F. The van der Waals surface area contributed by atoms with Crippen LogP contribution in [0.3, 0.4) is 0 Å². The topological polar surface area (TPSA) is 62.6 Å². The van der Waals surface area contributed by atoms with Crippen molar-refractivity contribution in [2.75, 3.05) is 20.2 Å². The monoisotopic (exact) mass is 302 g/mol. The number of hydrogen-bond donors (Lipinski definition) is 0. The molecular weight excluding hydrogens is 289 g/mol. The zero-order chi connectivity index (χ0) is 15.9. The molecule has 0 aliphatic rings. The largest absolute Gasteiger partial charge is 0.573 e. The van der Waals surface area contributed by atoms with Crippen molar-refractivity contribution in [2.24, 2.45) is 0 Å². The van der Waals surface area contributed by atoms with Crippen molar-refractivity contribution in [3.63, 3.8) is 0 Å². The molecule has 8 heteroatoms. The van der Waals surface area contributed by atoms with Crippen LogP contribution in [0, 0.1) is 11.3 Å². The van der Waals surface area contributed by atoms with Gasteiger partial charge in [-0.05, 0) is 12.1 Å². The van der Waals surface area contributed by atoms with Crippen molar-refractivity contribution in [3.8, 4) is 17.6 Å². The van der Waals surface area contributed by atoms with E-state index in [0.29, 0.717) is 0 Å². The molecule has 0 saturated carbocycles. The summed E-state index contributed by atoms with van der Waals surface area (Å²) in [6.07, 6.45) is -4.68. The number of nitriles is 1. The maximum absolute atomic E-state index is 12.2. The van der Waals surface area contributed by atoms with Crippen LogP contribution in [0.5, 0.6) is 11.5 Å². The van der Waals surface area contributed by atoms with Crippen LogP contribution < -0.4 is 9.47 Å². The molecule has 0 saturated heterocycles. The third kappa shape index (κ3) is 6.03. The van der Waals surface area contributed by atoms with Crippen molar-refractivity contribution in [2.45, 2.75) is 12.8 Å². The Balaban J connectivity index is 2.63. The van der Waals surface area contributed by atoms with Crippen LogP contribution in [0.4, 0.5) is 13.2 Å². The summed E-state index contributed by atoms with van der Waals surface area (Å²) in [6.45, 7) is -0.223. The minimum Gasteiger partial charge on any atom is -0.480 e. The van der Waals surface area contributed by atoms with E-state index in [1.54, 1.807) is 0 Å². The average Bonchev–Trinajstić information content (AvgIpc) is 2.41. The molecule has 114 valence electrons. The van der Waals surface area contributed by atoms with Gasteiger partial charge in [0, 0.05) is 13.6 Å². The molecule has 0 atom stereocenters. The molecule has 1 rings (SSSR count). The van der Waals surface area contributed by atoms with Gasteiger partial charge in [0.15, 0.2) is 18.1 Å². The van der Waals surface area contributed by atoms with Crippen LogP contribution in [-0.4, -0.2) is 37.4 Å². The summed E-state index contributed by atoms with van der Waals surface area (Å²) < 4.78 is 45.5. The van der Waals surface area contributed by atoms with E-state index in [4.69, 9.17) is 10.00 Å². The maximum Gasteiger partial charge on any atom is 0.573 e. The van der Waals surface area contributed by atoms with Gasteiger partial charge in [-0.2, -0.15) is 5.26 Å². The number of carbonyl (C=O) groups is 1. The number of rotatable bonds is 6. The zero-order valence-electron chi connectivity index (χ0n) is 11.2. The third-order valence-electron chi connectivity index (χ3n) is 2.41. The molecule has 1 aromatic rings. The molecule has 5 nitrogen and oxygen atoms in total. The van der Waals surface area contributed by atoms with E-state index in [2.05, 4.69) is 4.74 Å². The van der Waals surface area contributed by atoms with E-state index in [9.17, 15) is 18.0 Å². The maximum atomic E-state index is 12.2. The fraction of sp³-hybridized carbons (Fsp3) is 0.385. The second-order valence-corrected chi connectivity index (χ2v) is 4.01. The van der Waals surface area contributed by atoms with E-state index >= 15 is 0 Å². The summed E-state index contributed by atoms with van der Waals surface area (Å²) >= 11 is 0. The quantitative estimate of drug-likeness (QED) is 0.809. The number of alkyl halides is 3. The van der Waals surface area contributed by atoms with E-state index in [1.165, 1.54) is 30.1 Å². The molecule has 0 aliphatic heterocycles. The van der Waals surface area contributed by atoms with E-state index < -0.39 is 24.6 Å². The molecular formula is C13H13F3N2O3. The smallest absolute Gasteiger partial charge is 0.480 e. The van der Waals surface area contributed by atoms with Crippen LogP contribution in [-0.2, 0) is 4.79 Å². The van der Waals surface area contributed by atoms with Gasteiger partial charge in [-0.15, -0.1) is 13.2 Å². The lowest BCUT2D eigenvalue weighted by Crippen LogP contribution is -2.32. The molecule has 0 heterocycles. The molecule has 0 bridgehead atoms. The molecule has 0 N–H and O–H groups in total. The van der Waals surface area contributed by atoms with Crippen LogP contribution in [0.2, 0.25) is 0 Å². The molecule has 0 unspecified atom stereocenters. The van der Waals surface area contributed by atoms with E-state index in [1.807, 2.05) is 6.07 Å². The van der Waals surface area contributed by atoms with Crippen molar-refractivity contribution in [3.05, 3.63) is 24.3 Å². The van der Waals surface area contributed by atoms with Gasteiger partial charge >= 0.3 is 6.36 Å². The lowest BCUT2D eigenvalue weighted by atomic mass is 10.3. The first-order valence-electron chi connectivity index (χ1n) is 5.92. The fourth-order valence-electron chi connectivity index (χ4n) is 1.37. The number of hydrogen-bond acceptors (Lipinski definition) is 4. The zero-order valence-corrected chi connectivity index (χ0v) is 11.2. The molecule has 0 spiro atoms. The Morgan fingerprint density at radius 3 is 2.52 bits per heavy atom. The first-order valence-corrected chi connectivity index (χ1v) is 5.92. The molecule has 1 amide bonds. The number of benzene rings is 1. The molecule has 0 radical (unpaired) electrons. The summed E-state index contributed by atoms with van der Waals surface area (Å²) in [5.41, 5.74) is 0. The van der Waals surface area contributed by atoms with Crippen molar-refractivity contribution >= 4 is 5.91 Å². The molecule has 21 heavy (non-hydrogen) atoms. The van der Waals surface area contributed by atoms with Gasteiger partial charge in [-0.1, -0.05) is 12.1 Å². The summed E-state index contributed by atoms with van der Waals surface area (Å²) in [4.78, 5) is 12.9. The highest BCUT2D eigenvalue weighted by Gasteiger charge is 2.32. The predicted octanol–water partition coefficient (Wildman–Crippen LogP) is 2.34. The van der Waals surface area contributed by atoms with E-state index in [0.717, 1.165) is 6.07 Å². The number of carbonyl (C=O) groups excluding carboxylic acids is 1. The fourth-order valence-corrected chi connectivity index (χ4v) is 1.37. The van der Waals surface area contributed by atoms with Gasteiger partial charge in [-0.3, -0.25) is 4.79 Å². The van der Waals surface area contributed by atoms with E-state index in [-0.39, 0.29) is 18.7 Å². The predicted molar refractivity (Wildman–Crippen MR) is 66.5 cm³/mol. The van der Waals surface area contributed by atoms with Crippen LogP contribution in [0.25, 0.3) is 0 Å². The lowest BCUT2D eigenvalue weighted by molar-refractivity contribution is -0.275. The number of likely N-dealkylation sites (N-methyl/N-ethyl adjacent to an activating group) is 1. The van der Waals surface area contributed by atoms with Gasteiger partial charge in [0.25, 0.3) is 5.91 Å². The number of ether oxygens (including phenoxy) is 2. The molecule has 0 aliphatic carbocycles. The standard InChI is InChI=1S/C13H13F3N2O3/c1-18(8-4-7-17)12(19)9-20-10-5-2-3-6-11(10)21-13(14,15)16/h2-3,5-6H,4,8-9H2,1H3. The van der Waals surface area contributed by atoms with Gasteiger partial charge in [-0.25, -0.2) is 0 Å². The van der Waals surface area contributed by atoms with Crippen LogP contribution >= 0.6 is 0 Å². The Kier molecular flexibility index (Phi) is 5.84. The average molecular weight is 302 g/mol. The Labute approximate surface area is 119 Å². The Morgan fingerprint density at radius 2 is 1.95 bits per heavy atom. The summed E-state index contributed by atoms with van der Waals surface area (Å²) in [5, 5.41) is 8.41. The Bertz CT molecular complexity index is 526. The van der Waals surface area contributed by atoms with Gasteiger partial charge in [0.1, 0.15) is 0 Å². The van der Waals surface area contributed by atoms with Crippen LogP contribution in [0.1, 0.15) is 6.42 Å². The molecule has 1 aromatic carbocycles. The minimum absolute atomic E-state index is 0.163. The normalized spacial score (nSPS) is 10.6. The number of nitrogens with zero attached hydrogens (tertiary/aromatic N) is 2. The summed E-state index contributed by atoms with van der Waals surface area (Å²) in [5.74, 6) is -1.15. The lowest BCUT2D eigenvalue weighted by Gasteiger charge is -2.17. The first-order chi connectivity index (χ1) is 9.83. The number of halogens is 3. The summed E-state index contributed by atoms with van der Waals surface area (Å²) in [7, 11) is 1.47. The second-order valence-electron chi connectivity index (χ2n) is 4.01. The highest BCUT2D eigenvalue weighted by atomic mass is 19.4. The van der Waals surface area contributed by atoms with Gasteiger partial charge in [0.05, 0.1) is 12.5 Å². The van der Waals surface area contributed by atoms with Crippen LogP contribution in [0.15, 0.2) is 24.3 Å². The Hall–Kier alpha value is -2.43. The molecule has 0 aromatic heterocycles. The van der Waals surface area contributed by atoms with Gasteiger partial charge in [0.2, 0.25) is 0 Å². The Morgan fingerprint density at radius 1 is 1.33 bits per heavy atom. The van der Waals surface area contributed by atoms with Crippen molar-refractivity contribution in [1.29, 1.82) is 5.26 Å². The van der Waals surface area contributed by atoms with Crippen molar-refractivity contribution in [1.82, 2.24) is 4.90 Å². The number of amides is 1. The number of para-hydroxylation sites is 2. The first kappa shape index (κ1) is 16.6. The van der Waals surface area contributed by atoms with Crippen molar-refractivity contribution < 1.29 is 27.4 Å². The molecule has 0 fully saturated rings. The summed E-state index contributed by atoms with van der Waals surface area (Å²) in [6, 6.07) is 7.06.